The summed E-state index contributed by atoms with van der Waals surface area (Å²) in [5, 5.41) is 5.57. The fourth-order valence-electron chi connectivity index (χ4n) is 0.801. The van der Waals surface area contributed by atoms with Crippen molar-refractivity contribution in [3.8, 4) is 0 Å². The van der Waals surface area contributed by atoms with Crippen LogP contribution < -0.4 is 11.1 Å². The molecule has 0 radical (unpaired) electrons. The number of amides is 1. The molecule has 1 unspecified atom stereocenters. The second-order valence-electron chi connectivity index (χ2n) is 2.74. The van der Waals surface area contributed by atoms with E-state index in [1.807, 2.05) is 11.4 Å². The number of nitrogens with one attached hydrogen (secondary N) is 1. The van der Waals surface area contributed by atoms with Crippen LogP contribution in [-0.2, 0) is 11.3 Å². The van der Waals surface area contributed by atoms with Gasteiger partial charge in [0.05, 0.1) is 11.1 Å². The van der Waals surface area contributed by atoms with E-state index in [0.717, 1.165) is 9.90 Å². The van der Waals surface area contributed by atoms with Gasteiger partial charge in [0.2, 0.25) is 5.91 Å². The molecule has 1 amide bonds. The van der Waals surface area contributed by atoms with Crippen molar-refractivity contribution < 1.29 is 4.79 Å². The summed E-state index contributed by atoms with van der Waals surface area (Å²) < 4.78 is 0. The largest absolute Gasteiger partial charge is 0.368 e. The number of halogens is 1. The maximum Gasteiger partial charge on any atom is 0.234 e. The van der Waals surface area contributed by atoms with Crippen LogP contribution in [-0.4, -0.2) is 11.9 Å². The van der Waals surface area contributed by atoms with Crippen LogP contribution in [0.5, 0.6) is 0 Å². The zero-order valence-corrected chi connectivity index (χ0v) is 8.78. The van der Waals surface area contributed by atoms with Gasteiger partial charge in [-0.3, -0.25) is 4.79 Å². The lowest BCUT2D eigenvalue weighted by Crippen LogP contribution is -2.38. The van der Waals surface area contributed by atoms with Gasteiger partial charge in [-0.25, -0.2) is 0 Å². The molecular weight excluding hydrogens is 208 g/mol. The molecule has 1 aromatic heterocycles. The predicted molar refractivity (Wildman–Crippen MR) is 54.8 cm³/mol. The minimum Gasteiger partial charge on any atom is -0.368 e. The van der Waals surface area contributed by atoms with E-state index in [1.165, 1.54) is 0 Å². The molecule has 0 spiro atoms. The highest BCUT2D eigenvalue weighted by atomic mass is 35.5. The van der Waals surface area contributed by atoms with E-state index < -0.39 is 0 Å². The monoisotopic (exact) mass is 218 g/mol. The number of primary amides is 1. The van der Waals surface area contributed by atoms with Crippen LogP contribution in [0.2, 0.25) is 5.02 Å². The Morgan fingerprint density at radius 2 is 2.54 bits per heavy atom. The van der Waals surface area contributed by atoms with Crippen LogP contribution in [0.15, 0.2) is 11.4 Å². The molecule has 3 nitrogen and oxygen atoms in total. The molecule has 72 valence electrons. The SMILES string of the molecule is CC(NCc1cc(Cl)cs1)C(N)=O. The van der Waals surface area contributed by atoms with E-state index in [4.69, 9.17) is 17.3 Å². The summed E-state index contributed by atoms with van der Waals surface area (Å²) in [5.41, 5.74) is 5.08. The first-order valence-corrected chi connectivity index (χ1v) is 5.11. The Morgan fingerprint density at radius 3 is 3.00 bits per heavy atom. The van der Waals surface area contributed by atoms with Crippen molar-refractivity contribution in [2.75, 3.05) is 0 Å². The average Bonchev–Trinajstić information content (AvgIpc) is 2.47. The summed E-state index contributed by atoms with van der Waals surface area (Å²) in [6.45, 7) is 2.36. The molecule has 3 N–H and O–H groups in total. The summed E-state index contributed by atoms with van der Waals surface area (Å²) in [7, 11) is 0. The van der Waals surface area contributed by atoms with Crippen molar-refractivity contribution in [3.05, 3.63) is 21.3 Å². The second-order valence-corrected chi connectivity index (χ2v) is 4.17. The number of hydrogen-bond donors (Lipinski definition) is 2. The number of carbonyl (C=O) groups is 1. The topological polar surface area (TPSA) is 55.1 Å². The van der Waals surface area contributed by atoms with E-state index in [1.54, 1.807) is 18.3 Å². The number of hydrogen-bond acceptors (Lipinski definition) is 3. The summed E-state index contributed by atoms with van der Waals surface area (Å²) in [6.07, 6.45) is 0. The first-order valence-electron chi connectivity index (χ1n) is 3.85. The van der Waals surface area contributed by atoms with Crippen molar-refractivity contribution in [1.82, 2.24) is 5.32 Å². The van der Waals surface area contributed by atoms with Crippen molar-refractivity contribution in [2.24, 2.45) is 5.73 Å². The maximum absolute atomic E-state index is 10.7. The zero-order chi connectivity index (χ0) is 9.84. The molecule has 0 aromatic carbocycles. The molecule has 13 heavy (non-hydrogen) atoms. The van der Waals surface area contributed by atoms with Gasteiger partial charge in [-0.05, 0) is 13.0 Å². The Morgan fingerprint density at radius 1 is 1.85 bits per heavy atom. The molecule has 0 fully saturated rings. The number of nitrogens with two attached hydrogens (primary N) is 1. The lowest BCUT2D eigenvalue weighted by atomic mass is 10.3. The molecule has 5 heteroatoms. The third kappa shape index (κ3) is 3.34. The van der Waals surface area contributed by atoms with Crippen molar-refractivity contribution >= 4 is 28.8 Å². The molecule has 1 aromatic rings. The highest BCUT2D eigenvalue weighted by molar-refractivity contribution is 7.10. The van der Waals surface area contributed by atoms with Gasteiger partial charge in [0.25, 0.3) is 0 Å². The van der Waals surface area contributed by atoms with Crippen LogP contribution in [0.3, 0.4) is 0 Å². The molecule has 0 aliphatic carbocycles. The van der Waals surface area contributed by atoms with Gasteiger partial charge in [-0.2, -0.15) is 0 Å². The van der Waals surface area contributed by atoms with Crippen molar-refractivity contribution in [1.29, 1.82) is 0 Å². The summed E-state index contributed by atoms with van der Waals surface area (Å²) in [5.74, 6) is -0.345. The van der Waals surface area contributed by atoms with Gasteiger partial charge in [0, 0.05) is 16.8 Å². The van der Waals surface area contributed by atoms with E-state index in [0.29, 0.717) is 6.54 Å². The van der Waals surface area contributed by atoms with Crippen LogP contribution in [0.4, 0.5) is 0 Å². The van der Waals surface area contributed by atoms with E-state index in [-0.39, 0.29) is 11.9 Å². The fourth-order valence-corrected chi connectivity index (χ4v) is 1.82. The van der Waals surface area contributed by atoms with Crippen molar-refractivity contribution in [2.45, 2.75) is 19.5 Å². The molecule has 1 heterocycles. The molecule has 0 aliphatic heterocycles. The summed E-state index contributed by atoms with van der Waals surface area (Å²) >= 11 is 7.29. The molecule has 1 atom stereocenters. The summed E-state index contributed by atoms with van der Waals surface area (Å²) in [4.78, 5) is 11.8. The van der Waals surface area contributed by atoms with Gasteiger partial charge in [0.15, 0.2) is 0 Å². The lowest BCUT2D eigenvalue weighted by Gasteiger charge is -2.07. The van der Waals surface area contributed by atoms with Gasteiger partial charge in [0.1, 0.15) is 0 Å². The molecule has 0 aliphatic rings. The second kappa shape index (κ2) is 4.60. The number of thiophene rings is 1. The minimum atomic E-state index is -0.345. The van der Waals surface area contributed by atoms with Gasteiger partial charge in [-0.15, -0.1) is 11.3 Å². The molecular formula is C8H11ClN2OS. The standard InChI is InChI=1S/C8H11ClN2OS/c1-5(8(10)12)11-3-7-2-6(9)4-13-7/h2,4-5,11H,3H2,1H3,(H2,10,12). The zero-order valence-electron chi connectivity index (χ0n) is 7.21. The van der Waals surface area contributed by atoms with Gasteiger partial charge in [-0.1, -0.05) is 11.6 Å². The van der Waals surface area contributed by atoms with Gasteiger partial charge < -0.3 is 11.1 Å². The summed E-state index contributed by atoms with van der Waals surface area (Å²) in [6, 6.07) is 1.56. The Kier molecular flexibility index (Phi) is 3.71. The molecule has 0 bridgehead atoms. The first-order chi connectivity index (χ1) is 6.09. The highest BCUT2D eigenvalue weighted by Crippen LogP contribution is 2.18. The lowest BCUT2D eigenvalue weighted by molar-refractivity contribution is -0.119. The van der Waals surface area contributed by atoms with Crippen LogP contribution >= 0.6 is 22.9 Å². The van der Waals surface area contributed by atoms with Gasteiger partial charge >= 0.3 is 0 Å². The quantitative estimate of drug-likeness (QED) is 0.802. The smallest absolute Gasteiger partial charge is 0.234 e. The Labute approximate surface area is 85.9 Å². The minimum absolute atomic E-state index is 0.305. The number of carbonyl (C=O) groups excluding carboxylic acids is 1. The first kappa shape index (κ1) is 10.5. The Bertz CT molecular complexity index is 300. The average molecular weight is 219 g/mol. The normalized spacial score (nSPS) is 12.8. The third-order valence-corrected chi connectivity index (χ3v) is 2.92. The van der Waals surface area contributed by atoms with Crippen LogP contribution in [0, 0.1) is 0 Å². The maximum atomic E-state index is 10.7. The van der Waals surface area contributed by atoms with Crippen LogP contribution in [0.25, 0.3) is 0 Å². The third-order valence-electron chi connectivity index (χ3n) is 1.63. The number of rotatable bonds is 4. The van der Waals surface area contributed by atoms with E-state index in [2.05, 4.69) is 5.32 Å². The van der Waals surface area contributed by atoms with E-state index in [9.17, 15) is 4.79 Å². The molecule has 1 rings (SSSR count). The van der Waals surface area contributed by atoms with E-state index >= 15 is 0 Å². The molecule has 0 saturated carbocycles. The highest BCUT2D eigenvalue weighted by Gasteiger charge is 2.07. The predicted octanol–water partition coefficient (Wildman–Crippen LogP) is 1.36. The Hall–Kier alpha value is -0.580. The van der Waals surface area contributed by atoms with Crippen LogP contribution in [0.1, 0.15) is 11.8 Å². The molecule has 0 saturated heterocycles. The fraction of sp³-hybridized carbons (Fsp3) is 0.375. The van der Waals surface area contributed by atoms with Crippen molar-refractivity contribution in [3.63, 3.8) is 0 Å². The Balaban J connectivity index is 2.39.